The number of carbonyl (C=O) groups excluding carboxylic acids is 1. The van der Waals surface area contributed by atoms with Crippen molar-refractivity contribution in [3.05, 3.63) is 82.4 Å². The van der Waals surface area contributed by atoms with Crippen molar-refractivity contribution in [2.75, 3.05) is 6.61 Å². The minimum atomic E-state index is -4.00. The molecule has 2 unspecified atom stereocenters. The number of ether oxygens (including phenoxy) is 2. The molecule has 10 nitrogen and oxygen atoms in total. The third kappa shape index (κ3) is 3.65. The average Bonchev–Trinajstić information content (AvgIpc) is 3.10. The largest absolute Gasteiger partial charge is 0.508 e. The third-order valence-electron chi connectivity index (χ3n) is 5.58. The summed E-state index contributed by atoms with van der Waals surface area (Å²) >= 11 is 4.64. The van der Waals surface area contributed by atoms with E-state index in [1.165, 1.54) is 53.9 Å². The zero-order valence-corrected chi connectivity index (χ0v) is 19.4. The fourth-order valence-electron chi connectivity index (χ4n) is 4.28. The normalized spacial score (nSPS) is 18.9. The Morgan fingerprint density at radius 3 is 2.54 bits per heavy atom. The van der Waals surface area contributed by atoms with Crippen LogP contribution in [0.1, 0.15) is 37.4 Å². The maximum atomic E-state index is 13.0. The molecule has 4 N–H and O–H groups in total. The fourth-order valence-corrected chi connectivity index (χ4v) is 5.19. The number of phenols is 1. The van der Waals surface area contributed by atoms with Gasteiger partial charge in [-0.2, -0.15) is 0 Å². The summed E-state index contributed by atoms with van der Waals surface area (Å²) in [6.07, 6.45) is 0. The van der Waals surface area contributed by atoms with E-state index in [4.69, 9.17) is 24.0 Å². The van der Waals surface area contributed by atoms with Crippen LogP contribution in [-0.4, -0.2) is 34.1 Å². The lowest BCUT2D eigenvalue weighted by atomic mass is 9.77. The number of rotatable bonds is 6. The van der Waals surface area contributed by atoms with E-state index in [9.17, 15) is 24.4 Å². The van der Waals surface area contributed by atoms with E-state index in [0.717, 1.165) is 0 Å². The lowest BCUT2D eigenvalue weighted by molar-refractivity contribution is 0.0222. The molecule has 0 saturated carbocycles. The van der Waals surface area contributed by atoms with Crippen LogP contribution in [0.25, 0.3) is 0 Å². The van der Waals surface area contributed by atoms with E-state index in [2.05, 4.69) is 12.2 Å². The Labute approximate surface area is 203 Å². The van der Waals surface area contributed by atoms with Gasteiger partial charge in [0.2, 0.25) is 0 Å². The minimum Gasteiger partial charge on any atom is -0.508 e. The van der Waals surface area contributed by atoms with Gasteiger partial charge < -0.3 is 24.2 Å². The zero-order valence-electron chi connectivity index (χ0n) is 17.7. The van der Waals surface area contributed by atoms with Gasteiger partial charge in [-0.25, -0.2) is 19.7 Å². The van der Waals surface area contributed by atoms with E-state index in [1.54, 1.807) is 6.07 Å². The quantitative estimate of drug-likeness (QED) is 0.248. The van der Waals surface area contributed by atoms with Crippen LogP contribution in [-0.2, 0) is 19.4 Å². The summed E-state index contributed by atoms with van der Waals surface area (Å²) in [5.74, 6) is -1.90. The smallest absolute Gasteiger partial charge is 0.456 e. The predicted molar refractivity (Wildman–Crippen MR) is 125 cm³/mol. The van der Waals surface area contributed by atoms with Crippen LogP contribution in [0, 0.1) is 0 Å². The average molecular weight is 513 g/mol. The number of carbonyl (C=O) groups is 2. The molecule has 2 aliphatic rings. The Morgan fingerprint density at radius 1 is 1.11 bits per heavy atom. The van der Waals surface area contributed by atoms with Crippen LogP contribution in [0.15, 0.2) is 54.6 Å². The van der Waals surface area contributed by atoms with E-state index >= 15 is 0 Å². The van der Waals surface area contributed by atoms with Gasteiger partial charge in [0.05, 0.1) is 17.7 Å². The topological polar surface area (TPSA) is 155 Å². The molecular weight excluding hydrogens is 497 g/mol. The standard InChI is InChI=1S/C23H16NO9PS/c24-34(29,30-8-9-35)33-13-5-7-16-19(11-13)31-18-10-12(25)4-6-15(18)23(16)17-3-1-2-14(21(26)27)20(17)22(28)32-23/h1-7,9-11,25H,8H2,(H2,24,29)(H,26,27). The molecule has 2 atom stereocenters. The number of aromatic carboxylic acids is 1. The van der Waals surface area contributed by atoms with Gasteiger partial charge >= 0.3 is 19.7 Å². The van der Waals surface area contributed by atoms with Gasteiger partial charge in [0.25, 0.3) is 0 Å². The Hall–Kier alpha value is -3.76. The van der Waals surface area contributed by atoms with Crippen LogP contribution in [0.2, 0.25) is 0 Å². The number of benzene rings is 3. The first-order valence-electron chi connectivity index (χ1n) is 10.1. The maximum Gasteiger partial charge on any atom is 0.456 e. The first-order chi connectivity index (χ1) is 16.7. The molecule has 0 aromatic heterocycles. The highest BCUT2D eigenvalue weighted by Crippen LogP contribution is 2.57. The van der Waals surface area contributed by atoms with Crippen molar-refractivity contribution >= 4 is 37.3 Å². The first-order valence-corrected chi connectivity index (χ1v) is 12.2. The summed E-state index contributed by atoms with van der Waals surface area (Å²) in [5.41, 5.74) is 4.74. The second kappa shape index (κ2) is 8.17. The highest BCUT2D eigenvalue weighted by Gasteiger charge is 2.54. The molecule has 3 aromatic carbocycles. The van der Waals surface area contributed by atoms with Crippen molar-refractivity contribution < 1.29 is 42.9 Å². The fraction of sp³-hybridized carbons (Fsp3) is 0.0870. The lowest BCUT2D eigenvalue weighted by Gasteiger charge is -2.36. The molecule has 0 amide bonds. The number of carboxylic acids is 1. The molecule has 0 saturated heterocycles. The molecule has 0 radical (unpaired) electrons. The van der Waals surface area contributed by atoms with E-state index in [1.807, 2.05) is 0 Å². The van der Waals surface area contributed by atoms with Crippen molar-refractivity contribution in [2.45, 2.75) is 5.60 Å². The van der Waals surface area contributed by atoms with Gasteiger partial charge in [-0.1, -0.05) is 24.4 Å². The van der Waals surface area contributed by atoms with E-state index < -0.39 is 25.3 Å². The summed E-state index contributed by atoms with van der Waals surface area (Å²) < 4.78 is 34.5. The van der Waals surface area contributed by atoms with Gasteiger partial charge in [0.15, 0.2) is 5.60 Å². The van der Waals surface area contributed by atoms with Crippen LogP contribution >= 0.6 is 20.0 Å². The number of carboxylic acid groups (broad SMARTS) is 1. The van der Waals surface area contributed by atoms with Crippen molar-refractivity contribution in [3.8, 4) is 23.0 Å². The number of hydrogen-bond donors (Lipinski definition) is 3. The molecule has 2 heterocycles. The summed E-state index contributed by atoms with van der Waals surface area (Å²) in [5, 5.41) is 20.9. The monoisotopic (exact) mass is 513 g/mol. The maximum absolute atomic E-state index is 13.0. The SMILES string of the molecule is NP(=O)(OCC=S)Oc1ccc2c(c1)Oc1cc(O)ccc1C21OC(=O)c2c(C(=O)O)cccc21. The third-order valence-corrected chi connectivity index (χ3v) is 6.69. The van der Waals surface area contributed by atoms with Crippen LogP contribution in [0.5, 0.6) is 23.0 Å². The van der Waals surface area contributed by atoms with Crippen molar-refractivity contribution in [1.29, 1.82) is 0 Å². The number of nitrogens with two attached hydrogens (primary N) is 1. The Balaban J connectivity index is 1.72. The van der Waals surface area contributed by atoms with Gasteiger partial charge in [-0.3, -0.25) is 4.52 Å². The van der Waals surface area contributed by atoms with Gasteiger partial charge in [0.1, 0.15) is 23.0 Å². The summed E-state index contributed by atoms with van der Waals surface area (Å²) in [6, 6.07) is 13.0. The number of thiocarbonyl (C=S) groups is 1. The van der Waals surface area contributed by atoms with Gasteiger partial charge in [-0.05, 0) is 30.3 Å². The second-order valence-corrected chi connectivity index (χ2v) is 9.49. The molecular formula is C23H16NO9PS. The number of esters is 1. The molecule has 12 heteroatoms. The minimum absolute atomic E-state index is 0.0292. The van der Waals surface area contributed by atoms with Crippen molar-refractivity contribution in [3.63, 3.8) is 0 Å². The van der Waals surface area contributed by atoms with Gasteiger partial charge in [-0.15, -0.1) is 0 Å². The molecule has 2 aliphatic heterocycles. The number of phenolic OH excluding ortho intramolecular Hbond substituents is 1. The summed E-state index contributed by atoms with van der Waals surface area (Å²) in [6.45, 7) is -0.168. The summed E-state index contributed by atoms with van der Waals surface area (Å²) in [4.78, 5) is 24.8. The molecule has 178 valence electrons. The van der Waals surface area contributed by atoms with Crippen LogP contribution < -0.4 is 14.8 Å². The Bertz CT molecular complexity index is 1470. The lowest BCUT2D eigenvalue weighted by Crippen LogP contribution is -2.33. The molecule has 0 bridgehead atoms. The Kier molecular flexibility index (Phi) is 5.37. The van der Waals surface area contributed by atoms with Gasteiger partial charge in [0, 0.05) is 34.2 Å². The predicted octanol–water partition coefficient (Wildman–Crippen LogP) is 4.12. The van der Waals surface area contributed by atoms with Crippen molar-refractivity contribution in [1.82, 2.24) is 0 Å². The molecule has 3 aromatic rings. The molecule has 5 rings (SSSR count). The molecule has 35 heavy (non-hydrogen) atoms. The van der Waals surface area contributed by atoms with Crippen molar-refractivity contribution in [2.24, 2.45) is 5.50 Å². The second-order valence-electron chi connectivity index (χ2n) is 7.64. The van der Waals surface area contributed by atoms with E-state index in [0.29, 0.717) is 16.7 Å². The Morgan fingerprint density at radius 2 is 1.83 bits per heavy atom. The first kappa shape index (κ1) is 23.0. The number of hydrogen-bond acceptors (Lipinski definition) is 9. The molecule has 0 aliphatic carbocycles. The highest BCUT2D eigenvalue weighted by atomic mass is 32.1. The van der Waals surface area contributed by atoms with E-state index in [-0.39, 0.29) is 40.7 Å². The molecule has 1 spiro atoms. The highest BCUT2D eigenvalue weighted by molar-refractivity contribution is 7.79. The summed E-state index contributed by atoms with van der Waals surface area (Å²) in [7, 11) is -4.00. The number of fused-ring (bicyclic) bond motifs is 6. The van der Waals surface area contributed by atoms with Crippen LogP contribution in [0.3, 0.4) is 0 Å². The zero-order chi connectivity index (χ0) is 25.0. The molecule has 0 fully saturated rings. The number of aromatic hydroxyl groups is 1. The van der Waals surface area contributed by atoms with Crippen LogP contribution in [0.4, 0.5) is 0 Å².